The number of carbonyl (C=O) groups is 1. The van der Waals surface area contributed by atoms with Gasteiger partial charge in [-0.2, -0.15) is 0 Å². The first-order valence-electron chi connectivity index (χ1n) is 5.67. The average molecular weight is 248 g/mol. The minimum atomic E-state index is -0.459. The standard InChI is InChI=1S/C12H13FN4O/c1-2-4-10-15-11(17-16-10)12(18)14-9-6-3-5-8(13)7-9/h3,5-7H,2,4H2,1H3,(H,14,18)(H,15,16,17). The molecule has 0 aliphatic rings. The van der Waals surface area contributed by atoms with E-state index in [-0.39, 0.29) is 5.82 Å². The number of rotatable bonds is 4. The number of amides is 1. The van der Waals surface area contributed by atoms with E-state index in [0.717, 1.165) is 12.8 Å². The van der Waals surface area contributed by atoms with Gasteiger partial charge in [-0.15, -0.1) is 5.10 Å². The predicted molar refractivity (Wildman–Crippen MR) is 64.7 cm³/mol. The van der Waals surface area contributed by atoms with Crippen LogP contribution < -0.4 is 5.32 Å². The minimum absolute atomic E-state index is 0.0581. The summed E-state index contributed by atoms with van der Waals surface area (Å²) in [6.45, 7) is 2.01. The van der Waals surface area contributed by atoms with Gasteiger partial charge < -0.3 is 5.32 Å². The van der Waals surface area contributed by atoms with Crippen molar-refractivity contribution in [2.45, 2.75) is 19.8 Å². The zero-order valence-corrected chi connectivity index (χ0v) is 9.90. The topological polar surface area (TPSA) is 70.7 Å². The molecule has 0 radical (unpaired) electrons. The van der Waals surface area contributed by atoms with Crippen LogP contribution in [-0.2, 0) is 6.42 Å². The van der Waals surface area contributed by atoms with Crippen molar-refractivity contribution in [3.8, 4) is 0 Å². The fourth-order valence-corrected chi connectivity index (χ4v) is 1.50. The van der Waals surface area contributed by atoms with Crippen LogP contribution in [0.3, 0.4) is 0 Å². The number of carbonyl (C=O) groups excluding carboxylic acids is 1. The van der Waals surface area contributed by atoms with Crippen LogP contribution in [0.25, 0.3) is 0 Å². The number of H-pyrrole nitrogens is 1. The molecule has 0 bridgehead atoms. The van der Waals surface area contributed by atoms with E-state index in [9.17, 15) is 9.18 Å². The Kier molecular flexibility index (Phi) is 3.66. The first kappa shape index (κ1) is 12.2. The summed E-state index contributed by atoms with van der Waals surface area (Å²) in [5.74, 6) is -0.140. The lowest BCUT2D eigenvalue weighted by molar-refractivity contribution is 0.101. The summed E-state index contributed by atoms with van der Waals surface area (Å²) in [4.78, 5) is 15.8. The van der Waals surface area contributed by atoms with E-state index in [1.54, 1.807) is 6.07 Å². The number of hydrogen-bond acceptors (Lipinski definition) is 3. The third-order valence-corrected chi connectivity index (χ3v) is 2.30. The number of benzene rings is 1. The van der Waals surface area contributed by atoms with Crippen molar-refractivity contribution in [2.24, 2.45) is 0 Å². The van der Waals surface area contributed by atoms with Crippen LogP contribution >= 0.6 is 0 Å². The number of hydrogen-bond donors (Lipinski definition) is 2. The van der Waals surface area contributed by atoms with E-state index in [0.29, 0.717) is 11.5 Å². The second-order valence-corrected chi connectivity index (χ2v) is 3.82. The van der Waals surface area contributed by atoms with Gasteiger partial charge in [0.05, 0.1) is 0 Å². The largest absolute Gasteiger partial charge is 0.319 e. The highest BCUT2D eigenvalue weighted by atomic mass is 19.1. The second kappa shape index (κ2) is 5.39. The van der Waals surface area contributed by atoms with Crippen LogP contribution in [-0.4, -0.2) is 21.1 Å². The van der Waals surface area contributed by atoms with Gasteiger partial charge in [-0.05, 0) is 24.6 Å². The Hall–Kier alpha value is -2.24. The van der Waals surface area contributed by atoms with Crippen molar-refractivity contribution >= 4 is 11.6 Å². The molecule has 2 aromatic rings. The van der Waals surface area contributed by atoms with E-state index in [1.165, 1.54) is 18.2 Å². The lowest BCUT2D eigenvalue weighted by Gasteiger charge is -2.01. The van der Waals surface area contributed by atoms with E-state index in [4.69, 9.17) is 0 Å². The van der Waals surface area contributed by atoms with E-state index < -0.39 is 11.7 Å². The van der Waals surface area contributed by atoms with Crippen molar-refractivity contribution in [1.29, 1.82) is 0 Å². The summed E-state index contributed by atoms with van der Waals surface area (Å²) in [7, 11) is 0. The number of halogens is 1. The highest BCUT2D eigenvalue weighted by molar-refractivity contribution is 6.01. The summed E-state index contributed by atoms with van der Waals surface area (Å²) < 4.78 is 12.9. The summed E-state index contributed by atoms with van der Waals surface area (Å²) in [6, 6.07) is 5.66. The predicted octanol–water partition coefficient (Wildman–Crippen LogP) is 2.15. The van der Waals surface area contributed by atoms with E-state index in [1.807, 2.05) is 6.92 Å². The van der Waals surface area contributed by atoms with Crippen LogP contribution in [0, 0.1) is 5.82 Å². The van der Waals surface area contributed by atoms with Crippen LogP contribution in [0.1, 0.15) is 29.8 Å². The normalized spacial score (nSPS) is 10.3. The summed E-state index contributed by atoms with van der Waals surface area (Å²) >= 11 is 0. The Morgan fingerprint density at radius 3 is 3.06 bits per heavy atom. The number of anilines is 1. The summed E-state index contributed by atoms with van der Waals surface area (Å²) in [6.07, 6.45) is 1.65. The van der Waals surface area contributed by atoms with Gasteiger partial charge in [0.2, 0.25) is 5.82 Å². The third-order valence-electron chi connectivity index (χ3n) is 2.30. The monoisotopic (exact) mass is 248 g/mol. The van der Waals surface area contributed by atoms with Crippen molar-refractivity contribution in [1.82, 2.24) is 15.2 Å². The molecule has 1 amide bonds. The molecule has 6 heteroatoms. The highest BCUT2D eigenvalue weighted by Gasteiger charge is 2.12. The number of aromatic nitrogens is 3. The molecule has 5 nitrogen and oxygen atoms in total. The molecule has 0 fully saturated rings. The quantitative estimate of drug-likeness (QED) is 0.870. The maximum absolute atomic E-state index is 12.9. The molecule has 0 saturated carbocycles. The molecule has 0 aliphatic heterocycles. The molecule has 1 heterocycles. The molecule has 94 valence electrons. The molecule has 0 unspecified atom stereocenters. The Morgan fingerprint density at radius 1 is 1.50 bits per heavy atom. The average Bonchev–Trinajstić information content (AvgIpc) is 2.78. The van der Waals surface area contributed by atoms with Crippen molar-refractivity contribution in [2.75, 3.05) is 5.32 Å². The summed E-state index contributed by atoms with van der Waals surface area (Å²) in [5, 5.41) is 9.03. The molecule has 1 aromatic carbocycles. The molecule has 2 N–H and O–H groups in total. The Bertz CT molecular complexity index is 553. The lowest BCUT2D eigenvalue weighted by Crippen LogP contribution is -2.13. The van der Waals surface area contributed by atoms with Gasteiger partial charge in [-0.3, -0.25) is 9.89 Å². The maximum atomic E-state index is 12.9. The molecule has 0 saturated heterocycles. The smallest absolute Gasteiger partial charge is 0.295 e. The molecule has 0 spiro atoms. The number of nitrogens with zero attached hydrogens (tertiary/aromatic N) is 2. The van der Waals surface area contributed by atoms with Crippen LogP contribution in [0.4, 0.5) is 10.1 Å². The van der Waals surface area contributed by atoms with Crippen molar-refractivity contribution in [3.63, 3.8) is 0 Å². The van der Waals surface area contributed by atoms with Crippen molar-refractivity contribution < 1.29 is 9.18 Å². The van der Waals surface area contributed by atoms with Crippen LogP contribution in [0.2, 0.25) is 0 Å². The van der Waals surface area contributed by atoms with Gasteiger partial charge in [-0.25, -0.2) is 9.37 Å². The first-order chi connectivity index (χ1) is 8.69. The zero-order chi connectivity index (χ0) is 13.0. The fourth-order valence-electron chi connectivity index (χ4n) is 1.50. The highest BCUT2D eigenvalue weighted by Crippen LogP contribution is 2.10. The maximum Gasteiger partial charge on any atom is 0.295 e. The Balaban J connectivity index is 2.07. The zero-order valence-electron chi connectivity index (χ0n) is 9.90. The van der Waals surface area contributed by atoms with Gasteiger partial charge in [-0.1, -0.05) is 13.0 Å². The van der Waals surface area contributed by atoms with E-state index >= 15 is 0 Å². The molecule has 18 heavy (non-hydrogen) atoms. The second-order valence-electron chi connectivity index (χ2n) is 3.82. The first-order valence-corrected chi connectivity index (χ1v) is 5.67. The lowest BCUT2D eigenvalue weighted by atomic mass is 10.3. The number of aryl methyl sites for hydroxylation is 1. The molecular weight excluding hydrogens is 235 g/mol. The van der Waals surface area contributed by atoms with Gasteiger partial charge in [0.1, 0.15) is 11.6 Å². The number of nitrogens with one attached hydrogen (secondary N) is 2. The van der Waals surface area contributed by atoms with Gasteiger partial charge in [0, 0.05) is 12.1 Å². The van der Waals surface area contributed by atoms with E-state index in [2.05, 4.69) is 20.5 Å². The molecular formula is C12H13FN4O. The van der Waals surface area contributed by atoms with Gasteiger partial charge >= 0.3 is 0 Å². The molecule has 0 atom stereocenters. The number of aromatic amines is 1. The summed E-state index contributed by atoms with van der Waals surface area (Å²) in [5.41, 5.74) is 0.377. The molecule has 0 aliphatic carbocycles. The van der Waals surface area contributed by atoms with Gasteiger partial charge in [0.25, 0.3) is 5.91 Å². The minimum Gasteiger partial charge on any atom is -0.319 e. The Morgan fingerprint density at radius 2 is 2.33 bits per heavy atom. The third kappa shape index (κ3) is 2.91. The molecule has 2 rings (SSSR count). The molecule has 1 aromatic heterocycles. The van der Waals surface area contributed by atoms with Crippen molar-refractivity contribution in [3.05, 3.63) is 41.7 Å². The van der Waals surface area contributed by atoms with Gasteiger partial charge in [0.15, 0.2) is 0 Å². The Labute approximate surface area is 103 Å². The van der Waals surface area contributed by atoms with Crippen LogP contribution in [0.15, 0.2) is 24.3 Å². The SMILES string of the molecule is CCCc1nc(C(=O)Nc2cccc(F)c2)n[nH]1. The fraction of sp³-hybridized carbons (Fsp3) is 0.250. The van der Waals surface area contributed by atoms with Crippen LogP contribution in [0.5, 0.6) is 0 Å².